The van der Waals surface area contributed by atoms with Crippen LogP contribution in [0.5, 0.6) is 11.6 Å². The van der Waals surface area contributed by atoms with Crippen LogP contribution < -0.4 is 4.74 Å². The van der Waals surface area contributed by atoms with Crippen molar-refractivity contribution in [2.45, 2.75) is 53.0 Å². The van der Waals surface area contributed by atoms with E-state index in [-0.39, 0.29) is 18.4 Å². The maximum Gasteiger partial charge on any atom is 0.302 e. The summed E-state index contributed by atoms with van der Waals surface area (Å²) in [6.45, 7) is 8.68. The number of ether oxygens (including phenoxy) is 1. The second-order valence-electron chi connectivity index (χ2n) is 7.92. The first-order valence-corrected chi connectivity index (χ1v) is 11.3. The first-order chi connectivity index (χ1) is 14.8. The largest absolute Gasteiger partial charge is 0.493 e. The summed E-state index contributed by atoms with van der Waals surface area (Å²) in [5, 5.41) is 19.4. The van der Waals surface area contributed by atoms with Gasteiger partial charge in [0.2, 0.25) is 5.88 Å². The van der Waals surface area contributed by atoms with Crippen molar-refractivity contribution >= 4 is 38.4 Å². The molecule has 0 atom stereocenters. The number of azo groups is 1. The topological polar surface area (TPSA) is 76.2 Å². The van der Waals surface area contributed by atoms with Gasteiger partial charge in [0, 0.05) is 16.4 Å². The molecule has 0 bridgehead atoms. The molecule has 0 aliphatic rings. The minimum Gasteiger partial charge on any atom is -0.493 e. The van der Waals surface area contributed by atoms with Crippen LogP contribution in [0, 0.1) is 6.92 Å². The first kappa shape index (κ1) is 23.0. The first-order valence-electron chi connectivity index (χ1n) is 10.5. The molecule has 164 valence electrons. The van der Waals surface area contributed by atoms with E-state index in [1.807, 2.05) is 47.9 Å². The molecule has 0 fully saturated rings. The third kappa shape index (κ3) is 5.34. The minimum absolute atomic E-state index is 0.0137. The van der Waals surface area contributed by atoms with E-state index in [0.717, 1.165) is 39.3 Å². The SMILES string of the molecule is CCCCn1c(O)c(N=NC(=O)COc2cc(C)ccc2C(C)C)c2cc(Br)ccc21. The Morgan fingerprint density at radius 1 is 1.23 bits per heavy atom. The predicted molar refractivity (Wildman–Crippen MR) is 126 cm³/mol. The molecule has 0 aliphatic carbocycles. The molecule has 0 spiro atoms. The summed E-state index contributed by atoms with van der Waals surface area (Å²) in [4.78, 5) is 12.4. The lowest BCUT2D eigenvalue weighted by atomic mass is 10.0. The molecule has 0 saturated heterocycles. The zero-order chi connectivity index (χ0) is 22.5. The normalized spacial score (nSPS) is 11.7. The molecule has 0 radical (unpaired) electrons. The number of aromatic hydroxyl groups is 1. The van der Waals surface area contributed by atoms with Gasteiger partial charge in [-0.15, -0.1) is 10.2 Å². The molecule has 1 amide bonds. The average molecular weight is 486 g/mol. The fourth-order valence-electron chi connectivity index (χ4n) is 3.45. The van der Waals surface area contributed by atoms with Crippen molar-refractivity contribution in [2.75, 3.05) is 6.61 Å². The van der Waals surface area contributed by atoms with Crippen LogP contribution in [0.4, 0.5) is 5.69 Å². The van der Waals surface area contributed by atoms with Gasteiger partial charge in [-0.1, -0.05) is 55.3 Å². The van der Waals surface area contributed by atoms with Gasteiger partial charge in [-0.05, 0) is 54.7 Å². The van der Waals surface area contributed by atoms with Crippen LogP contribution in [0.2, 0.25) is 0 Å². The van der Waals surface area contributed by atoms with E-state index in [4.69, 9.17) is 4.74 Å². The summed E-state index contributed by atoms with van der Waals surface area (Å²) in [6.07, 6.45) is 1.92. The van der Waals surface area contributed by atoms with E-state index in [1.54, 1.807) is 0 Å². The van der Waals surface area contributed by atoms with Crippen LogP contribution >= 0.6 is 15.9 Å². The number of aromatic nitrogens is 1. The molecule has 2 aromatic carbocycles. The quantitative estimate of drug-likeness (QED) is 0.347. The number of halogens is 1. The summed E-state index contributed by atoms with van der Waals surface area (Å²) in [6, 6.07) is 11.7. The lowest BCUT2D eigenvalue weighted by Gasteiger charge is -2.13. The molecular weight excluding hydrogens is 458 g/mol. The van der Waals surface area contributed by atoms with Crippen molar-refractivity contribution in [3.63, 3.8) is 0 Å². The van der Waals surface area contributed by atoms with E-state index in [2.05, 4.69) is 46.9 Å². The molecule has 0 unspecified atom stereocenters. The molecule has 31 heavy (non-hydrogen) atoms. The van der Waals surface area contributed by atoms with Gasteiger partial charge >= 0.3 is 5.91 Å². The monoisotopic (exact) mass is 485 g/mol. The summed E-state index contributed by atoms with van der Waals surface area (Å²) >= 11 is 3.46. The van der Waals surface area contributed by atoms with Crippen molar-refractivity contribution in [3.8, 4) is 11.6 Å². The van der Waals surface area contributed by atoms with Gasteiger partial charge in [-0.25, -0.2) is 0 Å². The molecular formula is C24H28BrN3O3. The predicted octanol–water partition coefficient (Wildman–Crippen LogP) is 7.03. The lowest BCUT2D eigenvalue weighted by molar-refractivity contribution is -0.120. The van der Waals surface area contributed by atoms with Gasteiger partial charge in [-0.3, -0.25) is 4.79 Å². The van der Waals surface area contributed by atoms with Gasteiger partial charge < -0.3 is 14.4 Å². The summed E-state index contributed by atoms with van der Waals surface area (Å²) < 4.78 is 8.41. The number of hydrogen-bond acceptors (Lipinski definition) is 4. The van der Waals surface area contributed by atoms with Crippen molar-refractivity contribution in [3.05, 3.63) is 52.0 Å². The molecule has 6 nitrogen and oxygen atoms in total. The van der Waals surface area contributed by atoms with E-state index >= 15 is 0 Å². The molecule has 0 aliphatic heterocycles. The molecule has 1 aromatic heterocycles. The van der Waals surface area contributed by atoms with Crippen molar-refractivity contribution < 1.29 is 14.6 Å². The standard InChI is InChI=1S/C24H28BrN3O3/c1-5-6-11-28-20-10-8-17(25)13-19(20)23(24(28)30)27-26-22(29)14-31-21-12-16(4)7-9-18(21)15(2)3/h7-10,12-13,15,30H,5-6,11,14H2,1-4H3. The number of hydrogen-bond donors (Lipinski definition) is 1. The highest BCUT2D eigenvalue weighted by atomic mass is 79.9. The number of nitrogens with zero attached hydrogens (tertiary/aromatic N) is 3. The highest BCUT2D eigenvalue weighted by Crippen LogP contribution is 2.40. The Labute approximate surface area is 191 Å². The van der Waals surface area contributed by atoms with Crippen molar-refractivity contribution in [1.82, 2.24) is 4.57 Å². The Kier molecular flexibility index (Phi) is 7.49. The maximum absolute atomic E-state index is 12.4. The molecule has 3 rings (SSSR count). The number of fused-ring (bicyclic) bond motifs is 1. The Hall–Kier alpha value is -2.67. The van der Waals surface area contributed by atoms with Crippen molar-refractivity contribution in [2.24, 2.45) is 10.2 Å². The fraction of sp³-hybridized carbons (Fsp3) is 0.375. The number of carbonyl (C=O) groups excluding carboxylic acids is 1. The number of rotatable bonds is 8. The van der Waals surface area contributed by atoms with Crippen LogP contribution in [0.3, 0.4) is 0 Å². The van der Waals surface area contributed by atoms with E-state index in [1.165, 1.54) is 0 Å². The fourth-order valence-corrected chi connectivity index (χ4v) is 3.82. The summed E-state index contributed by atoms with van der Waals surface area (Å²) in [5.41, 5.74) is 3.24. The number of unbranched alkanes of at least 4 members (excludes halogenated alkanes) is 1. The third-order valence-corrected chi connectivity index (χ3v) is 5.60. The van der Waals surface area contributed by atoms with Crippen LogP contribution in [-0.4, -0.2) is 22.2 Å². The van der Waals surface area contributed by atoms with Gasteiger partial charge in [0.25, 0.3) is 0 Å². The van der Waals surface area contributed by atoms with Gasteiger partial charge in [-0.2, -0.15) is 0 Å². The van der Waals surface area contributed by atoms with E-state index in [9.17, 15) is 9.90 Å². The highest BCUT2D eigenvalue weighted by Gasteiger charge is 2.17. The van der Waals surface area contributed by atoms with Crippen LogP contribution in [-0.2, 0) is 11.3 Å². The average Bonchev–Trinajstić information content (AvgIpc) is 2.98. The summed E-state index contributed by atoms with van der Waals surface area (Å²) in [5.74, 6) is 0.457. The number of carbonyl (C=O) groups is 1. The number of benzene rings is 2. The van der Waals surface area contributed by atoms with E-state index in [0.29, 0.717) is 18.0 Å². The Balaban J connectivity index is 1.82. The number of aryl methyl sites for hydroxylation is 2. The zero-order valence-corrected chi connectivity index (χ0v) is 19.9. The van der Waals surface area contributed by atoms with Gasteiger partial charge in [0.05, 0.1) is 5.52 Å². The Morgan fingerprint density at radius 2 is 2.00 bits per heavy atom. The van der Waals surface area contributed by atoms with Crippen molar-refractivity contribution in [1.29, 1.82) is 0 Å². The smallest absolute Gasteiger partial charge is 0.302 e. The molecule has 1 N–H and O–H groups in total. The molecule has 0 saturated carbocycles. The minimum atomic E-state index is -0.514. The van der Waals surface area contributed by atoms with Crippen LogP contribution in [0.1, 0.15) is 50.7 Å². The zero-order valence-electron chi connectivity index (χ0n) is 18.4. The second-order valence-corrected chi connectivity index (χ2v) is 8.83. The maximum atomic E-state index is 12.4. The molecule has 3 aromatic rings. The number of amides is 1. The van der Waals surface area contributed by atoms with E-state index < -0.39 is 5.91 Å². The lowest BCUT2D eigenvalue weighted by Crippen LogP contribution is -2.09. The van der Waals surface area contributed by atoms with Gasteiger partial charge in [0.15, 0.2) is 12.3 Å². The summed E-state index contributed by atoms with van der Waals surface area (Å²) in [7, 11) is 0. The second kappa shape index (κ2) is 10.1. The molecule has 7 heteroatoms. The van der Waals surface area contributed by atoms with Gasteiger partial charge in [0.1, 0.15) is 5.75 Å². The Morgan fingerprint density at radius 3 is 2.71 bits per heavy atom. The highest BCUT2D eigenvalue weighted by molar-refractivity contribution is 9.10. The van der Waals surface area contributed by atoms with Crippen LogP contribution in [0.15, 0.2) is 51.1 Å². The third-order valence-electron chi connectivity index (χ3n) is 5.11. The Bertz CT molecular complexity index is 1120. The van der Waals surface area contributed by atoms with Crippen LogP contribution in [0.25, 0.3) is 10.9 Å². The molecule has 1 heterocycles.